The lowest BCUT2D eigenvalue weighted by Gasteiger charge is -2.34. The van der Waals surface area contributed by atoms with Crippen LogP contribution in [-0.4, -0.2) is 47.1 Å². The Morgan fingerprint density at radius 1 is 1.30 bits per heavy atom. The highest BCUT2D eigenvalue weighted by atomic mass is 32.2. The van der Waals surface area contributed by atoms with E-state index in [1.165, 1.54) is 11.8 Å². The predicted molar refractivity (Wildman–Crippen MR) is 111 cm³/mol. The van der Waals surface area contributed by atoms with Crippen LogP contribution in [-0.2, 0) is 4.74 Å². The van der Waals surface area contributed by atoms with Gasteiger partial charge >= 0.3 is 6.09 Å². The summed E-state index contributed by atoms with van der Waals surface area (Å²) < 4.78 is 5.44. The van der Waals surface area contributed by atoms with Gasteiger partial charge in [-0.2, -0.15) is 5.26 Å². The molecular formula is C19H27N5O2S. The van der Waals surface area contributed by atoms with Crippen LogP contribution in [0.15, 0.2) is 29.3 Å². The van der Waals surface area contributed by atoms with E-state index in [1.807, 2.05) is 51.3 Å². The lowest BCUT2D eigenvalue weighted by molar-refractivity contribution is 0.0210. The van der Waals surface area contributed by atoms with Gasteiger partial charge in [0.25, 0.3) is 0 Å². The van der Waals surface area contributed by atoms with Gasteiger partial charge in [0.1, 0.15) is 5.60 Å². The molecule has 0 aromatic heterocycles. The van der Waals surface area contributed by atoms with Crippen molar-refractivity contribution in [2.45, 2.75) is 45.3 Å². The molecule has 0 spiro atoms. The van der Waals surface area contributed by atoms with Gasteiger partial charge in [-0.25, -0.2) is 4.79 Å². The van der Waals surface area contributed by atoms with Crippen LogP contribution in [0.25, 0.3) is 0 Å². The highest BCUT2D eigenvalue weighted by Gasteiger charge is 2.27. The Morgan fingerprint density at radius 2 is 1.93 bits per heavy atom. The Morgan fingerprint density at radius 3 is 2.48 bits per heavy atom. The first-order chi connectivity index (χ1) is 12.8. The quantitative estimate of drug-likeness (QED) is 0.459. The molecule has 0 atom stereocenters. The summed E-state index contributed by atoms with van der Waals surface area (Å²) in [6, 6.07) is 8.10. The smallest absolute Gasteiger partial charge is 0.410 e. The fraction of sp³-hybridized carbons (Fsp3) is 0.526. The standard InChI is InChI=1S/C19H27N5O2S/c1-19(2,3)26-18(25)24-11-9-14(10-12-24)22-15-7-5-6-8-16(15)23-17(27-4)21-13-20/h5-8,14,22H,9-12H2,1-4H3,(H,21,23). The molecule has 1 aromatic carbocycles. The van der Waals surface area contributed by atoms with Crippen molar-refractivity contribution in [2.24, 2.45) is 4.99 Å². The zero-order valence-corrected chi connectivity index (χ0v) is 17.1. The number of amides is 1. The molecule has 1 fully saturated rings. The number of para-hydroxylation sites is 2. The Hall–Kier alpha value is -2.40. The molecule has 1 aliphatic rings. The first-order valence-electron chi connectivity index (χ1n) is 8.93. The highest BCUT2D eigenvalue weighted by molar-refractivity contribution is 8.13. The maximum atomic E-state index is 12.2. The molecule has 1 amide bonds. The lowest BCUT2D eigenvalue weighted by Crippen LogP contribution is -2.44. The fourth-order valence-corrected chi connectivity index (χ4v) is 3.10. The van der Waals surface area contributed by atoms with Crippen LogP contribution >= 0.6 is 11.8 Å². The number of likely N-dealkylation sites (tertiary alicyclic amines) is 1. The van der Waals surface area contributed by atoms with Crippen LogP contribution in [0.3, 0.4) is 0 Å². The number of carbonyl (C=O) groups is 1. The van der Waals surface area contributed by atoms with Crippen LogP contribution in [0.1, 0.15) is 33.6 Å². The minimum absolute atomic E-state index is 0.250. The van der Waals surface area contributed by atoms with Crippen molar-refractivity contribution in [1.82, 2.24) is 4.90 Å². The fourth-order valence-electron chi connectivity index (χ4n) is 2.76. The number of hydrogen-bond donors (Lipinski definition) is 2. The lowest BCUT2D eigenvalue weighted by atomic mass is 10.0. The number of carbonyl (C=O) groups excluding carboxylic acids is 1. The number of nitriles is 1. The van der Waals surface area contributed by atoms with Crippen molar-refractivity contribution in [1.29, 1.82) is 5.26 Å². The van der Waals surface area contributed by atoms with E-state index in [0.29, 0.717) is 18.3 Å². The third kappa shape index (κ3) is 6.68. The summed E-state index contributed by atoms with van der Waals surface area (Å²) >= 11 is 1.38. The van der Waals surface area contributed by atoms with E-state index < -0.39 is 5.60 Å². The number of ether oxygens (including phenoxy) is 1. The number of nitrogens with one attached hydrogen (secondary N) is 2. The van der Waals surface area contributed by atoms with E-state index in [2.05, 4.69) is 15.6 Å². The summed E-state index contributed by atoms with van der Waals surface area (Å²) in [5, 5.41) is 16.0. The second kappa shape index (κ2) is 9.51. The molecule has 0 radical (unpaired) electrons. The Labute approximate surface area is 165 Å². The Bertz CT molecular complexity index is 716. The molecule has 0 saturated carbocycles. The number of anilines is 2. The van der Waals surface area contributed by atoms with Gasteiger partial charge in [-0.05, 0) is 52.0 Å². The molecule has 0 bridgehead atoms. The predicted octanol–water partition coefficient (Wildman–Crippen LogP) is 4.11. The van der Waals surface area contributed by atoms with E-state index >= 15 is 0 Å². The zero-order chi connectivity index (χ0) is 19.9. The molecule has 2 rings (SSSR count). The van der Waals surface area contributed by atoms with Crippen molar-refractivity contribution >= 4 is 34.4 Å². The van der Waals surface area contributed by atoms with Gasteiger partial charge in [0.15, 0.2) is 5.17 Å². The summed E-state index contributed by atoms with van der Waals surface area (Å²) in [5.41, 5.74) is 1.35. The molecule has 1 aromatic rings. The number of amidine groups is 1. The van der Waals surface area contributed by atoms with Crippen LogP contribution in [0.2, 0.25) is 0 Å². The van der Waals surface area contributed by atoms with E-state index in [9.17, 15) is 4.79 Å². The zero-order valence-electron chi connectivity index (χ0n) is 16.3. The molecule has 146 valence electrons. The molecule has 0 aliphatic carbocycles. The molecule has 1 saturated heterocycles. The number of nitrogens with zero attached hydrogens (tertiary/aromatic N) is 3. The summed E-state index contributed by atoms with van der Waals surface area (Å²) in [5.74, 6) is 0. The first kappa shape index (κ1) is 20.9. The van der Waals surface area contributed by atoms with Crippen molar-refractivity contribution in [3.8, 4) is 6.19 Å². The maximum Gasteiger partial charge on any atom is 0.410 e. The summed E-state index contributed by atoms with van der Waals surface area (Å²) in [4.78, 5) is 17.7. The normalized spacial score (nSPS) is 15.8. The second-order valence-corrected chi connectivity index (χ2v) is 8.07. The van der Waals surface area contributed by atoms with Crippen molar-refractivity contribution in [2.75, 3.05) is 30.0 Å². The molecule has 7 nitrogen and oxygen atoms in total. The molecule has 8 heteroatoms. The van der Waals surface area contributed by atoms with E-state index in [0.717, 1.165) is 24.2 Å². The van der Waals surface area contributed by atoms with Gasteiger partial charge in [-0.15, -0.1) is 4.99 Å². The van der Waals surface area contributed by atoms with Crippen molar-refractivity contribution in [3.63, 3.8) is 0 Å². The number of thioether (sulfide) groups is 1. The van der Waals surface area contributed by atoms with Crippen LogP contribution in [0.4, 0.5) is 16.2 Å². The number of benzene rings is 1. The van der Waals surface area contributed by atoms with Gasteiger partial charge in [0, 0.05) is 19.1 Å². The third-order valence-electron chi connectivity index (χ3n) is 4.02. The van der Waals surface area contributed by atoms with E-state index in [-0.39, 0.29) is 12.1 Å². The monoisotopic (exact) mass is 389 g/mol. The molecule has 27 heavy (non-hydrogen) atoms. The summed E-state index contributed by atoms with van der Waals surface area (Å²) in [6.45, 7) is 6.95. The van der Waals surface area contributed by atoms with Gasteiger partial charge < -0.3 is 20.3 Å². The molecular weight excluding hydrogens is 362 g/mol. The second-order valence-electron chi connectivity index (χ2n) is 7.28. The van der Waals surface area contributed by atoms with Crippen LogP contribution in [0, 0.1) is 11.5 Å². The van der Waals surface area contributed by atoms with Gasteiger partial charge in [-0.3, -0.25) is 0 Å². The number of aliphatic imine (C=N–C) groups is 1. The van der Waals surface area contributed by atoms with Crippen molar-refractivity contribution in [3.05, 3.63) is 24.3 Å². The minimum atomic E-state index is -0.475. The first-order valence-corrected chi connectivity index (χ1v) is 10.2. The minimum Gasteiger partial charge on any atom is -0.444 e. The van der Waals surface area contributed by atoms with Gasteiger partial charge in [0.2, 0.25) is 6.19 Å². The number of piperidine rings is 1. The molecule has 0 unspecified atom stereocenters. The Kier molecular flexibility index (Phi) is 7.36. The largest absolute Gasteiger partial charge is 0.444 e. The average Bonchev–Trinajstić information content (AvgIpc) is 2.62. The third-order valence-corrected chi connectivity index (χ3v) is 4.60. The molecule has 2 N–H and O–H groups in total. The van der Waals surface area contributed by atoms with Crippen LogP contribution in [0.5, 0.6) is 0 Å². The van der Waals surface area contributed by atoms with E-state index in [1.54, 1.807) is 11.1 Å². The van der Waals surface area contributed by atoms with Gasteiger partial charge in [0.05, 0.1) is 11.4 Å². The van der Waals surface area contributed by atoms with E-state index in [4.69, 9.17) is 10.00 Å². The average molecular weight is 390 g/mol. The van der Waals surface area contributed by atoms with Gasteiger partial charge in [-0.1, -0.05) is 23.9 Å². The topological polar surface area (TPSA) is 89.8 Å². The molecule has 1 heterocycles. The summed E-state index contributed by atoms with van der Waals surface area (Å²) in [7, 11) is 0. The SMILES string of the molecule is CS/C(=N/C#N)Nc1ccccc1NC1CCN(C(=O)OC(C)(C)C)CC1. The number of hydrogen-bond acceptors (Lipinski definition) is 6. The van der Waals surface area contributed by atoms with Crippen LogP contribution < -0.4 is 10.6 Å². The maximum absolute atomic E-state index is 12.2. The summed E-state index contributed by atoms with van der Waals surface area (Å²) in [6.07, 6.45) is 5.11. The number of rotatable bonds is 3. The molecule has 1 aliphatic heterocycles. The Balaban J connectivity index is 1.95. The highest BCUT2D eigenvalue weighted by Crippen LogP contribution is 2.26. The van der Waals surface area contributed by atoms with Crippen molar-refractivity contribution < 1.29 is 9.53 Å².